The van der Waals surface area contributed by atoms with Gasteiger partial charge in [0.15, 0.2) is 0 Å². The number of benzene rings is 1. The van der Waals surface area contributed by atoms with Crippen molar-refractivity contribution in [2.75, 3.05) is 13.7 Å². The lowest BCUT2D eigenvalue weighted by atomic mass is 10.00. The van der Waals surface area contributed by atoms with Crippen LogP contribution in [0.4, 0.5) is 0 Å². The van der Waals surface area contributed by atoms with Crippen molar-refractivity contribution in [3.63, 3.8) is 0 Å². The molecule has 1 amide bonds. The number of hydrogen-bond acceptors (Lipinski definition) is 3. The van der Waals surface area contributed by atoms with Crippen LogP contribution in [0.1, 0.15) is 25.8 Å². The van der Waals surface area contributed by atoms with Crippen LogP contribution in [0.15, 0.2) is 24.3 Å². The van der Waals surface area contributed by atoms with Crippen molar-refractivity contribution < 1.29 is 9.53 Å². The quantitative estimate of drug-likeness (QED) is 0.804. The SMILES string of the molecule is COc1cccc(CC(=O)NC(C)(C)CCN)c1. The van der Waals surface area contributed by atoms with Gasteiger partial charge in [0.1, 0.15) is 5.75 Å². The number of carbonyl (C=O) groups excluding carboxylic acids is 1. The van der Waals surface area contributed by atoms with Crippen LogP contribution in [0.5, 0.6) is 5.75 Å². The van der Waals surface area contributed by atoms with Gasteiger partial charge in [0, 0.05) is 5.54 Å². The number of carbonyl (C=O) groups is 1. The lowest BCUT2D eigenvalue weighted by Crippen LogP contribution is -2.45. The lowest BCUT2D eigenvalue weighted by molar-refractivity contribution is -0.122. The number of hydrogen-bond donors (Lipinski definition) is 2. The molecule has 18 heavy (non-hydrogen) atoms. The summed E-state index contributed by atoms with van der Waals surface area (Å²) in [6.45, 7) is 4.51. The number of nitrogens with two attached hydrogens (primary N) is 1. The van der Waals surface area contributed by atoms with Crippen LogP contribution in [0.2, 0.25) is 0 Å². The zero-order chi connectivity index (χ0) is 13.6. The van der Waals surface area contributed by atoms with Crippen LogP contribution in [-0.4, -0.2) is 25.1 Å². The smallest absolute Gasteiger partial charge is 0.224 e. The molecule has 1 aromatic rings. The normalized spacial score (nSPS) is 11.1. The van der Waals surface area contributed by atoms with Crippen LogP contribution in [-0.2, 0) is 11.2 Å². The second-order valence-corrected chi connectivity index (χ2v) is 5.00. The summed E-state index contributed by atoms with van der Waals surface area (Å²) in [5.74, 6) is 0.767. The van der Waals surface area contributed by atoms with E-state index in [2.05, 4.69) is 5.32 Å². The zero-order valence-electron chi connectivity index (χ0n) is 11.3. The monoisotopic (exact) mass is 250 g/mol. The third kappa shape index (κ3) is 4.75. The number of rotatable bonds is 6. The fourth-order valence-corrected chi connectivity index (χ4v) is 1.81. The minimum absolute atomic E-state index is 0.00158. The molecule has 0 saturated carbocycles. The predicted molar refractivity (Wildman–Crippen MR) is 72.6 cm³/mol. The third-order valence-electron chi connectivity index (χ3n) is 2.75. The lowest BCUT2D eigenvalue weighted by Gasteiger charge is -2.25. The molecule has 0 aliphatic heterocycles. The van der Waals surface area contributed by atoms with Crippen molar-refractivity contribution in [1.82, 2.24) is 5.32 Å². The summed E-state index contributed by atoms with van der Waals surface area (Å²) in [7, 11) is 1.61. The molecule has 0 radical (unpaired) electrons. The van der Waals surface area contributed by atoms with Gasteiger partial charge in [-0.15, -0.1) is 0 Å². The highest BCUT2D eigenvalue weighted by Crippen LogP contribution is 2.13. The first-order valence-corrected chi connectivity index (χ1v) is 6.11. The topological polar surface area (TPSA) is 64.3 Å². The zero-order valence-corrected chi connectivity index (χ0v) is 11.3. The van der Waals surface area contributed by atoms with Gasteiger partial charge in [0.2, 0.25) is 5.91 Å². The first-order chi connectivity index (χ1) is 8.46. The fraction of sp³-hybridized carbons (Fsp3) is 0.500. The molecule has 4 nitrogen and oxygen atoms in total. The van der Waals surface area contributed by atoms with Gasteiger partial charge in [-0.2, -0.15) is 0 Å². The van der Waals surface area contributed by atoms with E-state index in [1.807, 2.05) is 38.1 Å². The molecule has 0 unspecified atom stereocenters. The van der Waals surface area contributed by atoms with Gasteiger partial charge >= 0.3 is 0 Å². The van der Waals surface area contributed by atoms with E-state index in [4.69, 9.17) is 10.5 Å². The van der Waals surface area contributed by atoms with Gasteiger partial charge in [0.05, 0.1) is 13.5 Å². The highest BCUT2D eigenvalue weighted by molar-refractivity contribution is 5.79. The maximum atomic E-state index is 11.9. The van der Waals surface area contributed by atoms with Crippen LogP contribution in [0.3, 0.4) is 0 Å². The van der Waals surface area contributed by atoms with Gasteiger partial charge in [-0.1, -0.05) is 12.1 Å². The van der Waals surface area contributed by atoms with Crippen molar-refractivity contribution in [2.45, 2.75) is 32.2 Å². The standard InChI is InChI=1S/C14H22N2O2/c1-14(2,7-8-15)16-13(17)10-11-5-4-6-12(9-11)18-3/h4-6,9H,7-8,10,15H2,1-3H3,(H,16,17). The van der Waals surface area contributed by atoms with Gasteiger partial charge < -0.3 is 15.8 Å². The molecule has 0 fully saturated rings. The van der Waals surface area contributed by atoms with Gasteiger partial charge in [-0.25, -0.2) is 0 Å². The highest BCUT2D eigenvalue weighted by atomic mass is 16.5. The minimum atomic E-state index is -0.259. The van der Waals surface area contributed by atoms with Crippen LogP contribution in [0, 0.1) is 0 Å². The Morgan fingerprint density at radius 2 is 2.17 bits per heavy atom. The van der Waals surface area contributed by atoms with Crippen LogP contribution in [0.25, 0.3) is 0 Å². The number of amides is 1. The molecule has 4 heteroatoms. The Morgan fingerprint density at radius 3 is 2.78 bits per heavy atom. The molecule has 1 rings (SSSR count). The first kappa shape index (κ1) is 14.5. The Hall–Kier alpha value is -1.55. The Kier molecular flexibility index (Phi) is 5.16. The summed E-state index contributed by atoms with van der Waals surface area (Å²) >= 11 is 0. The molecule has 3 N–H and O–H groups in total. The molecule has 0 spiro atoms. The predicted octanol–water partition coefficient (Wildman–Crippen LogP) is 1.48. The van der Waals surface area contributed by atoms with Crippen molar-refractivity contribution in [3.05, 3.63) is 29.8 Å². The van der Waals surface area contributed by atoms with E-state index in [-0.39, 0.29) is 11.4 Å². The summed E-state index contributed by atoms with van der Waals surface area (Å²) < 4.78 is 5.13. The molecule has 0 bridgehead atoms. The van der Waals surface area contributed by atoms with E-state index in [0.717, 1.165) is 17.7 Å². The summed E-state index contributed by atoms with van der Waals surface area (Å²) in [6, 6.07) is 7.53. The van der Waals surface area contributed by atoms with Crippen molar-refractivity contribution in [3.8, 4) is 5.75 Å². The van der Waals surface area contributed by atoms with E-state index in [1.165, 1.54) is 0 Å². The molecular weight excluding hydrogens is 228 g/mol. The van der Waals surface area contributed by atoms with E-state index in [1.54, 1.807) is 7.11 Å². The summed E-state index contributed by atoms with van der Waals surface area (Å²) in [5, 5.41) is 2.98. The summed E-state index contributed by atoms with van der Waals surface area (Å²) in [4.78, 5) is 11.9. The maximum Gasteiger partial charge on any atom is 0.224 e. The highest BCUT2D eigenvalue weighted by Gasteiger charge is 2.19. The Bertz CT molecular complexity index is 403. The second-order valence-electron chi connectivity index (χ2n) is 5.00. The van der Waals surface area contributed by atoms with E-state index in [9.17, 15) is 4.79 Å². The summed E-state index contributed by atoms with van der Waals surface area (Å²) in [5.41, 5.74) is 6.19. The van der Waals surface area contributed by atoms with Gasteiger partial charge in [-0.3, -0.25) is 4.79 Å². The molecule has 0 heterocycles. The minimum Gasteiger partial charge on any atom is -0.497 e. The molecule has 1 aromatic carbocycles. The molecule has 0 saturated heterocycles. The molecule has 0 aliphatic rings. The molecule has 100 valence electrons. The van der Waals surface area contributed by atoms with Crippen molar-refractivity contribution in [2.24, 2.45) is 5.73 Å². The average Bonchev–Trinajstić information content (AvgIpc) is 2.28. The number of nitrogens with one attached hydrogen (secondary N) is 1. The number of ether oxygens (including phenoxy) is 1. The Labute approximate surface area is 109 Å². The van der Waals surface area contributed by atoms with E-state index in [0.29, 0.717) is 13.0 Å². The molecule has 0 aromatic heterocycles. The average molecular weight is 250 g/mol. The van der Waals surface area contributed by atoms with Crippen molar-refractivity contribution in [1.29, 1.82) is 0 Å². The first-order valence-electron chi connectivity index (χ1n) is 6.11. The molecule has 0 atom stereocenters. The van der Waals surface area contributed by atoms with Gasteiger partial charge in [0.25, 0.3) is 0 Å². The van der Waals surface area contributed by atoms with Crippen LogP contribution < -0.4 is 15.8 Å². The van der Waals surface area contributed by atoms with Crippen molar-refractivity contribution >= 4 is 5.91 Å². The van der Waals surface area contributed by atoms with Crippen LogP contribution >= 0.6 is 0 Å². The Balaban J connectivity index is 2.59. The Morgan fingerprint density at radius 1 is 1.44 bits per heavy atom. The molecular formula is C14H22N2O2. The fourth-order valence-electron chi connectivity index (χ4n) is 1.81. The second kappa shape index (κ2) is 6.40. The maximum absolute atomic E-state index is 11.9. The third-order valence-corrected chi connectivity index (χ3v) is 2.75. The van der Waals surface area contributed by atoms with E-state index < -0.39 is 0 Å². The number of methoxy groups -OCH3 is 1. The summed E-state index contributed by atoms with van der Waals surface area (Å²) in [6.07, 6.45) is 1.11. The molecule has 0 aliphatic carbocycles. The largest absolute Gasteiger partial charge is 0.497 e. The van der Waals surface area contributed by atoms with Gasteiger partial charge in [-0.05, 0) is 44.5 Å². The van der Waals surface area contributed by atoms with E-state index >= 15 is 0 Å².